The molecule has 8 nitrogen and oxygen atoms in total. The van der Waals surface area contributed by atoms with Crippen molar-refractivity contribution < 1.29 is 19.1 Å². The van der Waals surface area contributed by atoms with E-state index >= 15 is 0 Å². The predicted molar refractivity (Wildman–Crippen MR) is 101 cm³/mol. The second kappa shape index (κ2) is 8.72. The van der Waals surface area contributed by atoms with Gasteiger partial charge in [-0.05, 0) is 29.8 Å². The van der Waals surface area contributed by atoms with Gasteiger partial charge in [0.1, 0.15) is 5.03 Å². The number of carbonyl (C=O) groups excluding carboxylic acids is 2. The summed E-state index contributed by atoms with van der Waals surface area (Å²) < 4.78 is 10.6. The number of aromatic nitrogens is 2. The second-order valence-corrected chi connectivity index (χ2v) is 7.15. The van der Waals surface area contributed by atoms with Gasteiger partial charge in [0.25, 0.3) is 0 Å². The van der Waals surface area contributed by atoms with E-state index in [9.17, 15) is 9.59 Å². The van der Waals surface area contributed by atoms with Crippen LogP contribution in [0.4, 0.5) is 5.82 Å². The van der Waals surface area contributed by atoms with Gasteiger partial charge in [-0.3, -0.25) is 9.59 Å². The molecule has 0 saturated carbocycles. The fraction of sp³-hybridized carbons (Fsp3) is 0.333. The first kappa shape index (κ1) is 19.0. The van der Waals surface area contributed by atoms with Gasteiger partial charge in [0.05, 0.1) is 5.75 Å². The van der Waals surface area contributed by atoms with Crippen molar-refractivity contribution in [2.45, 2.75) is 25.4 Å². The highest BCUT2D eigenvalue weighted by atomic mass is 32.2. The maximum absolute atomic E-state index is 12.0. The van der Waals surface area contributed by atoms with Crippen LogP contribution < -0.4 is 20.1 Å². The first-order valence-corrected chi connectivity index (χ1v) is 9.42. The number of benzene rings is 1. The maximum atomic E-state index is 12.0. The number of ether oxygens (including phenoxy) is 2. The van der Waals surface area contributed by atoms with Crippen LogP contribution in [0.3, 0.4) is 0 Å². The van der Waals surface area contributed by atoms with E-state index in [1.807, 2.05) is 18.2 Å². The highest BCUT2D eigenvalue weighted by Gasteiger charge is 2.13. The molecule has 0 bridgehead atoms. The number of fused-ring (bicyclic) bond motifs is 1. The van der Waals surface area contributed by atoms with Gasteiger partial charge < -0.3 is 20.1 Å². The molecule has 1 aliphatic heterocycles. The normalized spacial score (nSPS) is 12.1. The lowest BCUT2D eigenvalue weighted by Gasteiger charge is -2.07. The summed E-state index contributed by atoms with van der Waals surface area (Å²) in [6, 6.07) is 8.95. The highest BCUT2D eigenvalue weighted by molar-refractivity contribution is 7.99. The Labute approximate surface area is 161 Å². The summed E-state index contributed by atoms with van der Waals surface area (Å²) in [6.07, 6.45) is 0. The van der Waals surface area contributed by atoms with Crippen LogP contribution in [0.2, 0.25) is 0 Å². The number of rotatable bonds is 7. The number of anilines is 1. The minimum absolute atomic E-state index is 0.114. The lowest BCUT2D eigenvalue weighted by molar-refractivity contribution is -0.119. The van der Waals surface area contributed by atoms with E-state index in [1.54, 1.807) is 26.0 Å². The van der Waals surface area contributed by atoms with Crippen LogP contribution in [0.25, 0.3) is 0 Å². The molecule has 2 N–H and O–H groups in total. The van der Waals surface area contributed by atoms with Crippen molar-refractivity contribution in [3.05, 3.63) is 35.9 Å². The average Bonchev–Trinajstić information content (AvgIpc) is 3.13. The SMILES string of the molecule is CC(C)C(=O)Nc1ccc(SCC(=O)NCc2ccc3c(c2)OCO3)nn1. The third-order valence-corrected chi connectivity index (χ3v) is 4.61. The maximum Gasteiger partial charge on any atom is 0.231 e. The molecule has 1 aliphatic rings. The summed E-state index contributed by atoms with van der Waals surface area (Å²) in [5, 5.41) is 14.1. The van der Waals surface area contributed by atoms with Crippen molar-refractivity contribution >= 4 is 29.4 Å². The summed E-state index contributed by atoms with van der Waals surface area (Å²) in [5.74, 6) is 1.66. The van der Waals surface area contributed by atoms with E-state index in [2.05, 4.69) is 20.8 Å². The van der Waals surface area contributed by atoms with Crippen LogP contribution in [-0.4, -0.2) is 34.6 Å². The third-order valence-electron chi connectivity index (χ3n) is 3.69. The molecule has 27 heavy (non-hydrogen) atoms. The largest absolute Gasteiger partial charge is 0.454 e. The van der Waals surface area contributed by atoms with Crippen LogP contribution in [0, 0.1) is 5.92 Å². The van der Waals surface area contributed by atoms with Gasteiger partial charge in [0.15, 0.2) is 17.3 Å². The molecule has 3 rings (SSSR count). The molecule has 0 aliphatic carbocycles. The summed E-state index contributed by atoms with van der Waals surface area (Å²) >= 11 is 1.27. The summed E-state index contributed by atoms with van der Waals surface area (Å²) in [4.78, 5) is 23.6. The Balaban J connectivity index is 1.43. The Morgan fingerprint density at radius 1 is 1.15 bits per heavy atom. The smallest absolute Gasteiger partial charge is 0.231 e. The van der Waals surface area contributed by atoms with Gasteiger partial charge in [0, 0.05) is 12.5 Å². The molecular weight excluding hydrogens is 368 g/mol. The Morgan fingerprint density at radius 3 is 2.70 bits per heavy atom. The van der Waals surface area contributed by atoms with Gasteiger partial charge in [0.2, 0.25) is 18.6 Å². The zero-order chi connectivity index (χ0) is 19.2. The standard InChI is InChI=1S/C18H20N4O4S/c1-11(2)18(24)20-15-5-6-17(22-21-15)27-9-16(23)19-8-12-3-4-13-14(7-12)26-10-25-13/h3-7,11H,8-10H2,1-2H3,(H,19,23)(H,20,21,24). The van der Waals surface area contributed by atoms with E-state index in [1.165, 1.54) is 11.8 Å². The molecule has 0 atom stereocenters. The topological polar surface area (TPSA) is 102 Å². The Hall–Kier alpha value is -2.81. The fourth-order valence-electron chi connectivity index (χ4n) is 2.18. The molecule has 1 aromatic carbocycles. The molecule has 1 aromatic heterocycles. The zero-order valence-corrected chi connectivity index (χ0v) is 15.8. The molecule has 2 amide bonds. The van der Waals surface area contributed by atoms with Crippen molar-refractivity contribution in [3.63, 3.8) is 0 Å². The lowest BCUT2D eigenvalue weighted by atomic mass is 10.2. The zero-order valence-electron chi connectivity index (χ0n) is 15.0. The predicted octanol–water partition coefficient (Wildman–Crippen LogP) is 2.21. The van der Waals surface area contributed by atoms with Crippen LogP contribution in [0.15, 0.2) is 35.4 Å². The summed E-state index contributed by atoms with van der Waals surface area (Å²) in [5.41, 5.74) is 0.933. The fourth-order valence-corrected chi connectivity index (χ4v) is 2.82. The number of carbonyl (C=O) groups is 2. The van der Waals surface area contributed by atoms with Crippen LogP contribution in [0.1, 0.15) is 19.4 Å². The number of nitrogens with zero attached hydrogens (tertiary/aromatic N) is 2. The number of amides is 2. The van der Waals surface area contributed by atoms with E-state index in [0.29, 0.717) is 28.9 Å². The molecule has 0 saturated heterocycles. The summed E-state index contributed by atoms with van der Waals surface area (Å²) in [7, 11) is 0. The van der Waals surface area contributed by atoms with Gasteiger partial charge in [-0.25, -0.2) is 0 Å². The van der Waals surface area contributed by atoms with E-state index < -0.39 is 0 Å². The van der Waals surface area contributed by atoms with Crippen LogP contribution >= 0.6 is 11.8 Å². The monoisotopic (exact) mass is 388 g/mol. The molecule has 2 aromatic rings. The van der Waals surface area contributed by atoms with Gasteiger partial charge in [-0.2, -0.15) is 0 Å². The van der Waals surface area contributed by atoms with Gasteiger partial charge in [-0.1, -0.05) is 31.7 Å². The Morgan fingerprint density at radius 2 is 1.96 bits per heavy atom. The first-order chi connectivity index (χ1) is 13.0. The lowest BCUT2D eigenvalue weighted by Crippen LogP contribution is -2.24. The van der Waals surface area contributed by atoms with Gasteiger partial charge >= 0.3 is 0 Å². The van der Waals surface area contributed by atoms with Crippen molar-refractivity contribution in [3.8, 4) is 11.5 Å². The molecule has 0 spiro atoms. The molecule has 142 valence electrons. The number of nitrogens with one attached hydrogen (secondary N) is 2. The van der Waals surface area contributed by atoms with E-state index in [0.717, 1.165) is 5.56 Å². The van der Waals surface area contributed by atoms with Crippen molar-refractivity contribution in [2.24, 2.45) is 5.92 Å². The summed E-state index contributed by atoms with van der Waals surface area (Å²) in [6.45, 7) is 4.23. The molecule has 0 fully saturated rings. The number of hydrogen-bond donors (Lipinski definition) is 2. The quantitative estimate of drug-likeness (QED) is 0.701. The van der Waals surface area contributed by atoms with Crippen molar-refractivity contribution in [1.29, 1.82) is 0 Å². The van der Waals surface area contributed by atoms with E-state index in [-0.39, 0.29) is 30.3 Å². The van der Waals surface area contributed by atoms with Crippen molar-refractivity contribution in [2.75, 3.05) is 17.9 Å². The number of thioether (sulfide) groups is 1. The van der Waals surface area contributed by atoms with Crippen LogP contribution in [0.5, 0.6) is 11.5 Å². The van der Waals surface area contributed by atoms with E-state index in [4.69, 9.17) is 9.47 Å². The minimum atomic E-state index is -0.130. The molecule has 0 radical (unpaired) electrons. The molecular formula is C18H20N4O4S. The average molecular weight is 388 g/mol. The Kier molecular flexibility index (Phi) is 6.12. The minimum Gasteiger partial charge on any atom is -0.454 e. The first-order valence-electron chi connectivity index (χ1n) is 8.44. The molecule has 9 heteroatoms. The Bertz CT molecular complexity index is 827. The third kappa shape index (κ3) is 5.33. The molecule has 0 unspecified atom stereocenters. The van der Waals surface area contributed by atoms with Crippen molar-refractivity contribution in [1.82, 2.24) is 15.5 Å². The van der Waals surface area contributed by atoms with Gasteiger partial charge in [-0.15, -0.1) is 10.2 Å². The second-order valence-electron chi connectivity index (χ2n) is 6.15. The van der Waals surface area contributed by atoms with Crippen LogP contribution in [-0.2, 0) is 16.1 Å². The highest BCUT2D eigenvalue weighted by Crippen LogP contribution is 2.32. The number of hydrogen-bond acceptors (Lipinski definition) is 7. The molecule has 2 heterocycles.